The number of carbonyl (C=O) groups is 1. The highest BCUT2D eigenvalue weighted by molar-refractivity contribution is 7.95. The second kappa shape index (κ2) is 7.74. The van der Waals surface area contributed by atoms with E-state index in [1.54, 1.807) is 24.3 Å². The Hall–Kier alpha value is -2.60. The summed E-state index contributed by atoms with van der Waals surface area (Å²) in [6, 6.07) is 15.8. The van der Waals surface area contributed by atoms with Crippen LogP contribution in [0.1, 0.15) is 35.7 Å². The van der Waals surface area contributed by atoms with E-state index in [0.717, 1.165) is 11.0 Å². The van der Waals surface area contributed by atoms with Gasteiger partial charge in [0.1, 0.15) is 0 Å². The first-order chi connectivity index (χ1) is 12.4. The third-order valence-corrected chi connectivity index (χ3v) is 5.35. The van der Waals surface area contributed by atoms with E-state index in [4.69, 9.17) is 0 Å². The van der Waals surface area contributed by atoms with Crippen molar-refractivity contribution >= 4 is 27.7 Å². The molecule has 2 N–H and O–H groups in total. The van der Waals surface area contributed by atoms with E-state index in [1.807, 2.05) is 37.3 Å². The largest absolute Gasteiger partial charge is 0.349 e. The summed E-state index contributed by atoms with van der Waals surface area (Å²) in [5, 5.41) is 4.10. The number of benzene rings is 2. The maximum atomic E-state index is 12.2. The Labute approximate surface area is 154 Å². The van der Waals surface area contributed by atoms with Crippen LogP contribution in [0.5, 0.6) is 0 Å². The van der Waals surface area contributed by atoms with Gasteiger partial charge in [-0.15, -0.1) is 0 Å². The summed E-state index contributed by atoms with van der Waals surface area (Å²) in [5.74, 6) is 0.448. The lowest BCUT2D eigenvalue weighted by Crippen LogP contribution is -2.33. The Morgan fingerprint density at radius 3 is 2.35 bits per heavy atom. The highest BCUT2D eigenvalue weighted by atomic mass is 32.2. The van der Waals surface area contributed by atoms with Crippen LogP contribution in [0.25, 0.3) is 6.08 Å². The normalized spacial score (nSPS) is 15.6. The molecular weight excluding hydrogens is 348 g/mol. The van der Waals surface area contributed by atoms with Crippen molar-refractivity contribution in [2.45, 2.75) is 25.8 Å². The lowest BCUT2D eigenvalue weighted by molar-refractivity contribution is 0.0936. The van der Waals surface area contributed by atoms with Gasteiger partial charge in [-0.2, -0.15) is 0 Å². The zero-order chi connectivity index (χ0) is 18.6. The number of anilines is 1. The predicted molar refractivity (Wildman–Crippen MR) is 104 cm³/mol. The monoisotopic (exact) mass is 370 g/mol. The zero-order valence-electron chi connectivity index (χ0n) is 14.6. The molecule has 1 saturated carbocycles. The summed E-state index contributed by atoms with van der Waals surface area (Å²) in [5.41, 5.74) is 1.73. The molecule has 2 aromatic carbocycles. The first kappa shape index (κ1) is 18.2. The van der Waals surface area contributed by atoms with Gasteiger partial charge < -0.3 is 5.32 Å². The van der Waals surface area contributed by atoms with Gasteiger partial charge in [0.15, 0.2) is 0 Å². The van der Waals surface area contributed by atoms with Gasteiger partial charge in [-0.25, -0.2) is 8.42 Å². The first-order valence-electron chi connectivity index (χ1n) is 8.60. The molecule has 1 aliphatic carbocycles. The molecule has 0 aliphatic heterocycles. The standard InChI is InChI=1S/C20H22N2O3S/c1-15(17-7-8-17)21-20(23)18-9-11-19(12-10-18)22-26(24,25)14-13-16-5-3-2-4-6-16/h2-6,9-15,17,22H,7-8H2,1H3,(H,21,23)/b14-13+/t15-/m1/s1. The van der Waals surface area contributed by atoms with Crippen LogP contribution < -0.4 is 10.0 Å². The molecule has 1 fully saturated rings. The molecule has 2 aromatic rings. The predicted octanol–water partition coefficient (Wildman–Crippen LogP) is 3.63. The summed E-state index contributed by atoms with van der Waals surface area (Å²) in [6.45, 7) is 2.01. The molecule has 0 unspecified atom stereocenters. The lowest BCUT2D eigenvalue weighted by Gasteiger charge is -2.13. The molecule has 1 aliphatic rings. The maximum absolute atomic E-state index is 12.2. The van der Waals surface area contributed by atoms with Crippen LogP contribution in [-0.4, -0.2) is 20.4 Å². The molecule has 0 aromatic heterocycles. The third kappa shape index (κ3) is 5.20. The minimum Gasteiger partial charge on any atom is -0.349 e. The molecular formula is C20H22N2O3S. The van der Waals surface area contributed by atoms with Crippen LogP contribution >= 0.6 is 0 Å². The van der Waals surface area contributed by atoms with Crippen LogP contribution in [0.2, 0.25) is 0 Å². The highest BCUT2D eigenvalue weighted by Gasteiger charge is 2.29. The van der Waals surface area contributed by atoms with Gasteiger partial charge >= 0.3 is 0 Å². The zero-order valence-corrected chi connectivity index (χ0v) is 15.4. The molecule has 1 atom stereocenters. The summed E-state index contributed by atoms with van der Waals surface area (Å²) in [7, 11) is -3.62. The van der Waals surface area contributed by atoms with E-state index in [1.165, 1.54) is 18.9 Å². The van der Waals surface area contributed by atoms with Crippen LogP contribution in [0.4, 0.5) is 5.69 Å². The summed E-state index contributed by atoms with van der Waals surface area (Å²) in [6.07, 6.45) is 3.86. The van der Waals surface area contributed by atoms with Gasteiger partial charge in [-0.05, 0) is 61.6 Å². The van der Waals surface area contributed by atoms with E-state index in [-0.39, 0.29) is 11.9 Å². The second-order valence-electron chi connectivity index (χ2n) is 6.54. The van der Waals surface area contributed by atoms with Crippen molar-refractivity contribution in [2.75, 3.05) is 4.72 Å². The number of hydrogen-bond acceptors (Lipinski definition) is 3. The number of hydrogen-bond donors (Lipinski definition) is 2. The van der Waals surface area contributed by atoms with Crippen molar-refractivity contribution in [1.82, 2.24) is 5.32 Å². The van der Waals surface area contributed by atoms with E-state index in [2.05, 4.69) is 10.0 Å². The van der Waals surface area contributed by atoms with Crippen LogP contribution in [0.15, 0.2) is 60.0 Å². The maximum Gasteiger partial charge on any atom is 0.255 e. The van der Waals surface area contributed by atoms with Crippen LogP contribution in [-0.2, 0) is 10.0 Å². The van der Waals surface area contributed by atoms with Gasteiger partial charge in [0.25, 0.3) is 15.9 Å². The smallest absolute Gasteiger partial charge is 0.255 e. The van der Waals surface area contributed by atoms with Crippen LogP contribution in [0, 0.1) is 5.92 Å². The molecule has 26 heavy (non-hydrogen) atoms. The SMILES string of the molecule is C[C@@H](NC(=O)c1ccc(NS(=O)(=O)/C=C/c2ccccc2)cc1)C1CC1. The van der Waals surface area contributed by atoms with Crippen molar-refractivity contribution in [1.29, 1.82) is 0 Å². The Balaban J connectivity index is 1.61. The van der Waals surface area contributed by atoms with Gasteiger partial charge in [-0.3, -0.25) is 9.52 Å². The van der Waals surface area contributed by atoms with Gasteiger partial charge in [-0.1, -0.05) is 30.3 Å². The summed E-state index contributed by atoms with van der Waals surface area (Å²) >= 11 is 0. The van der Waals surface area contributed by atoms with Gasteiger partial charge in [0.2, 0.25) is 0 Å². The molecule has 0 bridgehead atoms. The molecule has 6 heteroatoms. The van der Waals surface area contributed by atoms with Crippen LogP contribution in [0.3, 0.4) is 0 Å². The Bertz CT molecular complexity index is 886. The molecule has 0 heterocycles. The molecule has 3 rings (SSSR count). The quantitative estimate of drug-likeness (QED) is 0.781. The van der Waals surface area contributed by atoms with Crippen molar-refractivity contribution in [3.8, 4) is 0 Å². The minimum atomic E-state index is -3.62. The van der Waals surface area contributed by atoms with Crippen molar-refractivity contribution < 1.29 is 13.2 Å². The number of nitrogens with one attached hydrogen (secondary N) is 2. The third-order valence-electron chi connectivity index (χ3n) is 4.33. The van der Waals surface area contributed by atoms with E-state index in [0.29, 0.717) is 17.2 Å². The number of sulfonamides is 1. The summed E-state index contributed by atoms with van der Waals surface area (Å²) < 4.78 is 26.8. The molecule has 5 nitrogen and oxygen atoms in total. The fourth-order valence-electron chi connectivity index (χ4n) is 2.62. The minimum absolute atomic E-state index is 0.136. The molecule has 0 saturated heterocycles. The Morgan fingerprint density at radius 1 is 1.08 bits per heavy atom. The number of amides is 1. The lowest BCUT2D eigenvalue weighted by atomic mass is 10.1. The highest BCUT2D eigenvalue weighted by Crippen LogP contribution is 2.32. The number of rotatable bonds is 7. The van der Waals surface area contributed by atoms with Gasteiger partial charge in [0, 0.05) is 17.3 Å². The fourth-order valence-corrected chi connectivity index (χ4v) is 3.49. The Kier molecular flexibility index (Phi) is 5.42. The molecule has 0 spiro atoms. The van der Waals surface area contributed by atoms with E-state index >= 15 is 0 Å². The average Bonchev–Trinajstić information content (AvgIpc) is 3.46. The van der Waals surface area contributed by atoms with E-state index < -0.39 is 10.0 Å². The summed E-state index contributed by atoms with van der Waals surface area (Å²) in [4.78, 5) is 12.2. The average molecular weight is 370 g/mol. The topological polar surface area (TPSA) is 75.3 Å². The molecule has 136 valence electrons. The molecule has 1 amide bonds. The van der Waals surface area contributed by atoms with E-state index in [9.17, 15) is 13.2 Å². The number of carbonyl (C=O) groups excluding carboxylic acids is 1. The van der Waals surface area contributed by atoms with Crippen molar-refractivity contribution in [3.63, 3.8) is 0 Å². The molecule has 0 radical (unpaired) electrons. The van der Waals surface area contributed by atoms with Gasteiger partial charge in [0.05, 0.1) is 5.41 Å². The van der Waals surface area contributed by atoms with Crippen molar-refractivity contribution in [3.05, 3.63) is 71.1 Å². The second-order valence-corrected chi connectivity index (χ2v) is 8.10. The fraction of sp³-hybridized carbons (Fsp3) is 0.250. The first-order valence-corrected chi connectivity index (χ1v) is 10.1. The van der Waals surface area contributed by atoms with Crippen molar-refractivity contribution in [2.24, 2.45) is 5.92 Å². The Morgan fingerprint density at radius 2 is 1.73 bits per heavy atom.